The summed E-state index contributed by atoms with van der Waals surface area (Å²) in [6, 6.07) is 16.6. The van der Waals surface area contributed by atoms with Crippen molar-refractivity contribution in [1.82, 2.24) is 0 Å². The van der Waals surface area contributed by atoms with Gasteiger partial charge in [-0.15, -0.1) is 0 Å². The molecule has 0 saturated carbocycles. The molecule has 2 aromatic carbocycles. The van der Waals surface area contributed by atoms with Crippen molar-refractivity contribution in [3.63, 3.8) is 0 Å². The van der Waals surface area contributed by atoms with Crippen molar-refractivity contribution in [3.05, 3.63) is 59.7 Å². The van der Waals surface area contributed by atoms with E-state index in [1.807, 2.05) is 24.3 Å². The normalized spacial score (nSPS) is 15.2. The van der Waals surface area contributed by atoms with Crippen LogP contribution in [-0.2, 0) is 16.8 Å². The molecule has 18 heavy (non-hydrogen) atoms. The Morgan fingerprint density at radius 2 is 1.50 bits per heavy atom. The Morgan fingerprint density at radius 1 is 1.00 bits per heavy atom. The third kappa shape index (κ3) is 2.08. The van der Waals surface area contributed by atoms with Crippen LogP contribution >= 0.6 is 7.58 Å². The van der Waals surface area contributed by atoms with Gasteiger partial charge in [-0.05, 0) is 29.8 Å². The number of rotatable bonds is 3. The summed E-state index contributed by atoms with van der Waals surface area (Å²) >= 11 is 4.63. The van der Waals surface area contributed by atoms with Crippen molar-refractivity contribution in [2.24, 2.45) is 0 Å². The zero-order valence-electron chi connectivity index (χ0n) is 9.63. The first-order chi connectivity index (χ1) is 8.77. The van der Waals surface area contributed by atoms with Gasteiger partial charge in [-0.25, -0.2) is 0 Å². The van der Waals surface area contributed by atoms with E-state index in [4.69, 9.17) is 4.52 Å². The first-order valence-corrected chi connectivity index (χ1v) is 8.24. The minimum Gasteiger partial charge on any atom is -0.674 e. The summed E-state index contributed by atoms with van der Waals surface area (Å²) < 4.78 is 5.20. The van der Waals surface area contributed by atoms with Crippen LogP contribution in [0.3, 0.4) is 0 Å². The average molecular weight is 275 g/mol. The van der Waals surface area contributed by atoms with Crippen LogP contribution in [0.2, 0.25) is 0 Å². The quantitative estimate of drug-likeness (QED) is 0.637. The first-order valence-electron chi connectivity index (χ1n) is 5.79. The molecule has 1 atom stereocenters. The van der Waals surface area contributed by atoms with Crippen molar-refractivity contribution >= 4 is 19.8 Å². The van der Waals surface area contributed by atoms with Crippen LogP contribution in [-0.4, -0.2) is 6.61 Å². The molecular weight excluding hydrogens is 263 g/mol. The number of hydrogen-bond donors (Lipinski definition) is 0. The monoisotopic (exact) mass is 275 g/mol. The fraction of sp³-hybridized carbons (Fsp3) is 0.143. The maximum atomic E-state index is 11.0. The van der Waals surface area contributed by atoms with Gasteiger partial charge in [0.1, 0.15) is 0 Å². The maximum absolute atomic E-state index is 11.0. The van der Waals surface area contributed by atoms with Crippen molar-refractivity contribution in [3.8, 4) is 11.1 Å². The second-order valence-corrected chi connectivity index (χ2v) is 6.08. The van der Waals surface area contributed by atoms with Crippen molar-refractivity contribution < 1.29 is 9.42 Å². The molecule has 92 valence electrons. The Bertz CT molecular complexity index is 526. The molecule has 0 amide bonds. The van der Waals surface area contributed by atoms with Crippen LogP contribution in [0.25, 0.3) is 11.1 Å². The Kier molecular flexibility index (Phi) is 3.40. The second-order valence-electron chi connectivity index (χ2n) is 4.29. The fourth-order valence-electron chi connectivity index (χ4n) is 2.59. The van der Waals surface area contributed by atoms with Crippen molar-refractivity contribution in [2.45, 2.75) is 5.92 Å². The van der Waals surface area contributed by atoms with Crippen LogP contribution in [0.15, 0.2) is 48.5 Å². The Balaban J connectivity index is 2.03. The molecule has 1 aliphatic carbocycles. The van der Waals surface area contributed by atoms with Gasteiger partial charge in [0, 0.05) is 5.92 Å². The molecular formula is C14H12O2PS-. The summed E-state index contributed by atoms with van der Waals surface area (Å²) in [7, 11) is -2.29. The lowest BCUT2D eigenvalue weighted by molar-refractivity contribution is -0.172. The fourth-order valence-corrected chi connectivity index (χ4v) is 3.10. The summed E-state index contributed by atoms with van der Waals surface area (Å²) in [6.45, 7) is 0.398. The number of fused-ring (bicyclic) bond motifs is 3. The van der Waals surface area contributed by atoms with Crippen LogP contribution in [0.1, 0.15) is 17.0 Å². The lowest BCUT2D eigenvalue weighted by Crippen LogP contribution is -2.07. The van der Waals surface area contributed by atoms with E-state index in [-0.39, 0.29) is 5.92 Å². The van der Waals surface area contributed by atoms with Gasteiger partial charge in [0.25, 0.3) is 0 Å². The topological polar surface area (TPSA) is 32.3 Å². The van der Waals surface area contributed by atoms with Gasteiger partial charge in [-0.1, -0.05) is 48.5 Å². The molecule has 2 nitrogen and oxygen atoms in total. The van der Waals surface area contributed by atoms with E-state index in [1.54, 1.807) is 0 Å². The Hall–Kier alpha value is -0.860. The minimum absolute atomic E-state index is 0.147. The van der Waals surface area contributed by atoms with Crippen molar-refractivity contribution in [1.29, 1.82) is 0 Å². The summed E-state index contributed by atoms with van der Waals surface area (Å²) in [6.07, 6.45) is 0. The van der Waals surface area contributed by atoms with E-state index in [9.17, 15) is 4.89 Å². The number of hydrogen-bond acceptors (Lipinski definition) is 3. The molecule has 0 aromatic heterocycles. The van der Waals surface area contributed by atoms with Gasteiger partial charge >= 0.3 is 0 Å². The maximum Gasteiger partial charge on any atom is 0.0983 e. The summed E-state index contributed by atoms with van der Waals surface area (Å²) in [5.41, 5.74) is 4.95. The molecule has 0 bridgehead atoms. The van der Waals surface area contributed by atoms with Crippen LogP contribution in [0.5, 0.6) is 0 Å². The van der Waals surface area contributed by atoms with E-state index in [2.05, 4.69) is 36.5 Å². The standard InChI is InChI=1S/C14H12O2PS/c15-17(18)16-9-14-12-7-3-1-5-10(12)11-6-2-4-8-13(11)14/h1-8,14,17H,9H2/q-1. The lowest BCUT2D eigenvalue weighted by Gasteiger charge is -2.20. The molecule has 0 saturated heterocycles. The van der Waals surface area contributed by atoms with Crippen LogP contribution in [0.4, 0.5) is 0 Å². The van der Waals surface area contributed by atoms with Gasteiger partial charge in [0.2, 0.25) is 0 Å². The van der Waals surface area contributed by atoms with E-state index in [0.717, 1.165) is 0 Å². The molecule has 4 heteroatoms. The first kappa shape index (κ1) is 12.2. The highest BCUT2D eigenvalue weighted by Gasteiger charge is 2.28. The molecule has 2 aromatic rings. The molecule has 0 fully saturated rings. The van der Waals surface area contributed by atoms with Gasteiger partial charge in [-0.2, -0.15) is 0 Å². The van der Waals surface area contributed by atoms with E-state index in [1.165, 1.54) is 22.3 Å². The van der Waals surface area contributed by atoms with E-state index in [0.29, 0.717) is 6.61 Å². The van der Waals surface area contributed by atoms with Crippen molar-refractivity contribution in [2.75, 3.05) is 6.61 Å². The zero-order valence-corrected chi connectivity index (χ0v) is 11.4. The molecule has 0 spiro atoms. The highest BCUT2D eigenvalue weighted by atomic mass is 32.7. The van der Waals surface area contributed by atoms with Gasteiger partial charge in [0.15, 0.2) is 0 Å². The minimum atomic E-state index is -2.29. The third-order valence-electron chi connectivity index (χ3n) is 3.33. The summed E-state index contributed by atoms with van der Waals surface area (Å²) in [5.74, 6) is 0.147. The highest BCUT2D eigenvalue weighted by Crippen LogP contribution is 2.45. The van der Waals surface area contributed by atoms with Gasteiger partial charge in [-0.3, -0.25) is 4.52 Å². The molecule has 3 rings (SSSR count). The molecule has 0 radical (unpaired) electrons. The van der Waals surface area contributed by atoms with E-state index >= 15 is 0 Å². The second kappa shape index (κ2) is 5.02. The Morgan fingerprint density at radius 3 is 2.00 bits per heavy atom. The predicted octanol–water partition coefficient (Wildman–Crippen LogP) is 2.68. The lowest BCUT2D eigenvalue weighted by atomic mass is 9.98. The van der Waals surface area contributed by atoms with E-state index < -0.39 is 7.58 Å². The molecule has 0 aliphatic heterocycles. The predicted molar refractivity (Wildman–Crippen MR) is 75.4 cm³/mol. The largest absolute Gasteiger partial charge is 0.674 e. The number of benzene rings is 2. The third-order valence-corrected chi connectivity index (χ3v) is 4.09. The van der Waals surface area contributed by atoms with Crippen LogP contribution in [0, 0.1) is 0 Å². The molecule has 1 unspecified atom stereocenters. The zero-order chi connectivity index (χ0) is 12.5. The molecule has 0 heterocycles. The Labute approximate surface area is 113 Å². The molecule has 0 N–H and O–H groups in total. The highest BCUT2D eigenvalue weighted by molar-refractivity contribution is 8.28. The summed E-state index contributed by atoms with van der Waals surface area (Å²) in [4.78, 5) is 11.0. The van der Waals surface area contributed by atoms with Gasteiger partial charge in [0.05, 0.1) is 6.61 Å². The molecule has 1 aliphatic rings. The van der Waals surface area contributed by atoms with Crippen LogP contribution < -0.4 is 4.89 Å². The average Bonchev–Trinajstić information content (AvgIpc) is 2.71. The smallest absolute Gasteiger partial charge is 0.0983 e. The summed E-state index contributed by atoms with van der Waals surface area (Å²) in [5, 5.41) is 0. The van der Waals surface area contributed by atoms with Gasteiger partial charge < -0.3 is 17.1 Å². The SMILES string of the molecule is [O-][PH+]([S-])OCC1c2ccccc2-c2ccccc21.